The number of ether oxygens (including phenoxy) is 1. The van der Waals surface area contributed by atoms with Crippen LogP contribution in [0.2, 0.25) is 0 Å². The van der Waals surface area contributed by atoms with Gasteiger partial charge in [-0.1, -0.05) is 48.5 Å². The van der Waals surface area contributed by atoms with E-state index in [1.165, 1.54) is 30.3 Å². The van der Waals surface area contributed by atoms with Gasteiger partial charge < -0.3 is 10.1 Å². The van der Waals surface area contributed by atoms with Crippen molar-refractivity contribution in [3.63, 3.8) is 0 Å². The van der Waals surface area contributed by atoms with Crippen LogP contribution in [0.3, 0.4) is 0 Å². The summed E-state index contributed by atoms with van der Waals surface area (Å²) in [5.74, 6) is 0.0120. The molecule has 0 bridgehead atoms. The maximum atomic E-state index is 12.4. The Hall–Kier alpha value is -4.44. The minimum Gasteiger partial charge on any atom is -0.489 e. The molecule has 0 heterocycles. The topological polar surface area (TPSA) is 105 Å². The summed E-state index contributed by atoms with van der Waals surface area (Å²) < 4.78 is 5.72. The van der Waals surface area contributed by atoms with E-state index in [1.807, 2.05) is 36.4 Å². The standard InChI is InChI=1S/C23H17N3O4/c24-15-19(23(27)25-20-7-4-8-21(14-20)26(28)29)13-17-9-11-22(12-10-17)30-16-18-5-2-1-3-6-18/h1-14H,16H2,(H,25,27)/b19-13+. The Balaban J connectivity index is 1.66. The Morgan fingerprint density at radius 2 is 1.80 bits per heavy atom. The molecule has 1 amide bonds. The highest BCUT2D eigenvalue weighted by atomic mass is 16.6. The van der Waals surface area contributed by atoms with Crippen LogP contribution in [-0.4, -0.2) is 10.8 Å². The number of benzene rings is 3. The molecular formula is C23H17N3O4. The van der Waals surface area contributed by atoms with E-state index in [9.17, 15) is 20.2 Å². The van der Waals surface area contributed by atoms with Gasteiger partial charge in [-0.2, -0.15) is 5.26 Å². The molecule has 0 aliphatic carbocycles. The summed E-state index contributed by atoms with van der Waals surface area (Å²) in [5.41, 5.74) is 1.65. The number of hydrogen-bond acceptors (Lipinski definition) is 5. The van der Waals surface area contributed by atoms with Crippen LogP contribution < -0.4 is 10.1 Å². The molecule has 0 saturated heterocycles. The fourth-order valence-corrected chi connectivity index (χ4v) is 2.61. The van der Waals surface area contributed by atoms with Crippen LogP contribution in [0.1, 0.15) is 11.1 Å². The van der Waals surface area contributed by atoms with E-state index in [0.717, 1.165) is 5.56 Å². The molecule has 1 N–H and O–H groups in total. The van der Waals surface area contributed by atoms with E-state index in [0.29, 0.717) is 17.9 Å². The van der Waals surface area contributed by atoms with Crippen molar-refractivity contribution in [2.45, 2.75) is 6.61 Å². The number of nitro groups is 1. The zero-order valence-corrected chi connectivity index (χ0v) is 15.8. The van der Waals surface area contributed by atoms with Gasteiger partial charge in [-0.15, -0.1) is 0 Å². The van der Waals surface area contributed by atoms with E-state index >= 15 is 0 Å². The summed E-state index contributed by atoms with van der Waals surface area (Å²) in [6.45, 7) is 0.436. The van der Waals surface area contributed by atoms with Crippen LogP contribution in [0.25, 0.3) is 6.08 Å². The molecule has 30 heavy (non-hydrogen) atoms. The molecule has 0 aromatic heterocycles. The molecule has 0 unspecified atom stereocenters. The summed E-state index contributed by atoms with van der Waals surface area (Å²) in [4.78, 5) is 22.6. The molecule has 0 radical (unpaired) electrons. The first-order chi connectivity index (χ1) is 14.5. The Bertz CT molecular complexity index is 1120. The van der Waals surface area contributed by atoms with Crippen LogP contribution >= 0.6 is 0 Å². The SMILES string of the molecule is N#C/C(=C\c1ccc(OCc2ccccc2)cc1)C(=O)Nc1cccc([N+](=O)[O-])c1. The summed E-state index contributed by atoms with van der Waals surface area (Å²) in [7, 11) is 0. The zero-order valence-electron chi connectivity index (χ0n) is 15.8. The molecule has 7 nitrogen and oxygen atoms in total. The number of carbonyl (C=O) groups excluding carboxylic acids is 1. The van der Waals surface area contributed by atoms with Gasteiger partial charge in [-0.05, 0) is 35.4 Å². The number of rotatable bonds is 7. The molecule has 148 valence electrons. The van der Waals surface area contributed by atoms with E-state index in [1.54, 1.807) is 24.3 Å². The average molecular weight is 399 g/mol. The van der Waals surface area contributed by atoms with Crippen LogP contribution in [0.15, 0.2) is 84.4 Å². The number of amides is 1. The monoisotopic (exact) mass is 399 g/mol. The molecule has 0 atom stereocenters. The fraction of sp³-hybridized carbons (Fsp3) is 0.0435. The number of nitrogens with zero attached hydrogens (tertiary/aromatic N) is 2. The van der Waals surface area contributed by atoms with Crippen LogP contribution in [0, 0.1) is 21.4 Å². The molecule has 3 aromatic rings. The minimum absolute atomic E-state index is 0.125. The largest absolute Gasteiger partial charge is 0.489 e. The van der Waals surface area contributed by atoms with E-state index in [2.05, 4.69) is 5.32 Å². The molecule has 3 rings (SSSR count). The molecule has 0 fully saturated rings. The summed E-state index contributed by atoms with van der Waals surface area (Å²) in [6.07, 6.45) is 1.44. The second-order valence-corrected chi connectivity index (χ2v) is 6.27. The van der Waals surface area contributed by atoms with Gasteiger partial charge in [0.25, 0.3) is 11.6 Å². The first-order valence-electron chi connectivity index (χ1n) is 8.99. The smallest absolute Gasteiger partial charge is 0.271 e. The lowest BCUT2D eigenvalue weighted by molar-refractivity contribution is -0.384. The number of nitriles is 1. The van der Waals surface area contributed by atoms with Gasteiger partial charge in [0.2, 0.25) is 0 Å². The van der Waals surface area contributed by atoms with Crippen LogP contribution in [0.4, 0.5) is 11.4 Å². The predicted molar refractivity (Wildman–Crippen MR) is 113 cm³/mol. The van der Waals surface area contributed by atoms with Gasteiger partial charge in [-0.3, -0.25) is 14.9 Å². The maximum Gasteiger partial charge on any atom is 0.271 e. The van der Waals surface area contributed by atoms with Gasteiger partial charge >= 0.3 is 0 Å². The average Bonchev–Trinajstić information content (AvgIpc) is 2.77. The van der Waals surface area contributed by atoms with Gasteiger partial charge in [0.1, 0.15) is 24.0 Å². The highest BCUT2D eigenvalue weighted by Gasteiger charge is 2.12. The molecule has 0 aliphatic rings. The third-order valence-electron chi connectivity index (χ3n) is 4.12. The van der Waals surface area contributed by atoms with Crippen LogP contribution in [0.5, 0.6) is 5.75 Å². The van der Waals surface area contributed by atoms with Crippen molar-refractivity contribution in [1.29, 1.82) is 5.26 Å². The van der Waals surface area contributed by atoms with Crippen LogP contribution in [-0.2, 0) is 11.4 Å². The van der Waals surface area contributed by atoms with Crippen molar-refractivity contribution < 1.29 is 14.5 Å². The zero-order chi connectivity index (χ0) is 21.3. The van der Waals surface area contributed by atoms with E-state index in [4.69, 9.17) is 4.74 Å². The van der Waals surface area contributed by atoms with Gasteiger partial charge in [-0.25, -0.2) is 0 Å². The second-order valence-electron chi connectivity index (χ2n) is 6.27. The Kier molecular flexibility index (Phi) is 6.54. The lowest BCUT2D eigenvalue weighted by atomic mass is 10.1. The van der Waals surface area contributed by atoms with E-state index < -0.39 is 10.8 Å². The van der Waals surface area contributed by atoms with Crippen molar-refractivity contribution in [2.24, 2.45) is 0 Å². The molecule has 0 spiro atoms. The molecule has 0 saturated carbocycles. The highest BCUT2D eigenvalue weighted by Crippen LogP contribution is 2.19. The highest BCUT2D eigenvalue weighted by molar-refractivity contribution is 6.09. The van der Waals surface area contributed by atoms with Crippen molar-refractivity contribution >= 4 is 23.4 Å². The lowest BCUT2D eigenvalue weighted by Crippen LogP contribution is -2.13. The van der Waals surface area contributed by atoms with E-state index in [-0.39, 0.29) is 16.9 Å². The Morgan fingerprint density at radius 3 is 2.47 bits per heavy atom. The maximum absolute atomic E-state index is 12.4. The number of carbonyl (C=O) groups is 1. The molecule has 0 aliphatic heterocycles. The number of anilines is 1. The second kappa shape index (κ2) is 9.66. The number of nitrogens with one attached hydrogen (secondary N) is 1. The number of nitro benzene ring substituents is 1. The van der Waals surface area contributed by atoms with Gasteiger partial charge in [0, 0.05) is 17.8 Å². The molecular weight excluding hydrogens is 382 g/mol. The summed E-state index contributed by atoms with van der Waals surface area (Å²) in [6, 6.07) is 24.1. The third-order valence-corrected chi connectivity index (χ3v) is 4.12. The minimum atomic E-state index is -0.651. The Morgan fingerprint density at radius 1 is 1.07 bits per heavy atom. The fourth-order valence-electron chi connectivity index (χ4n) is 2.61. The summed E-state index contributed by atoms with van der Waals surface area (Å²) >= 11 is 0. The first kappa shape index (κ1) is 20.3. The third kappa shape index (κ3) is 5.53. The molecule has 3 aromatic carbocycles. The normalized spacial score (nSPS) is 10.7. The number of non-ortho nitro benzene ring substituents is 1. The van der Waals surface area contributed by atoms with Crippen molar-refractivity contribution in [3.8, 4) is 11.8 Å². The van der Waals surface area contributed by atoms with Gasteiger partial charge in [0.05, 0.1) is 4.92 Å². The van der Waals surface area contributed by atoms with Crippen molar-refractivity contribution in [1.82, 2.24) is 0 Å². The van der Waals surface area contributed by atoms with Crippen molar-refractivity contribution in [3.05, 3.63) is 106 Å². The quantitative estimate of drug-likeness (QED) is 0.268. The predicted octanol–water partition coefficient (Wildman–Crippen LogP) is 4.72. The lowest BCUT2D eigenvalue weighted by Gasteiger charge is -2.07. The summed E-state index contributed by atoms with van der Waals surface area (Å²) in [5, 5.41) is 22.7. The number of hydrogen-bond donors (Lipinski definition) is 1. The van der Waals surface area contributed by atoms with Crippen molar-refractivity contribution in [2.75, 3.05) is 5.32 Å². The first-order valence-corrected chi connectivity index (χ1v) is 8.99. The molecule has 7 heteroatoms. The Labute approximate surface area is 173 Å². The van der Waals surface area contributed by atoms with Gasteiger partial charge in [0.15, 0.2) is 0 Å².